The first-order valence-electron chi connectivity index (χ1n) is 14.3. The van der Waals surface area contributed by atoms with E-state index in [1.165, 1.54) is 26.4 Å². The number of hydrogen-bond donors (Lipinski definition) is 1. The van der Waals surface area contributed by atoms with E-state index in [2.05, 4.69) is 5.10 Å². The van der Waals surface area contributed by atoms with Crippen LogP contribution in [0.25, 0.3) is 11.4 Å². The number of nitrogens with zero attached hydrogens (tertiary/aromatic N) is 6. The highest BCUT2D eigenvalue weighted by molar-refractivity contribution is 6.00. The molecule has 2 aliphatic rings. The van der Waals surface area contributed by atoms with Gasteiger partial charge in [0, 0.05) is 19.3 Å². The van der Waals surface area contributed by atoms with Crippen LogP contribution in [0, 0.1) is 5.92 Å². The van der Waals surface area contributed by atoms with E-state index in [9.17, 15) is 27.9 Å². The van der Waals surface area contributed by atoms with Gasteiger partial charge < -0.3 is 14.7 Å². The van der Waals surface area contributed by atoms with Crippen molar-refractivity contribution in [2.45, 2.75) is 78.2 Å². The van der Waals surface area contributed by atoms with Gasteiger partial charge in [-0.2, -0.15) is 18.3 Å². The molecule has 1 aromatic carbocycles. The molecule has 3 aromatic rings. The SMILES string of the molecule is CCCN1C(=O)c2c(nc(-c3cnn(Cc4cccc(C(F)(F)F)c4)c3)n2COC(=O)C2CCCCC2)N(CC)C1O. The van der Waals surface area contributed by atoms with E-state index >= 15 is 0 Å². The first-order valence-corrected chi connectivity index (χ1v) is 14.3. The fourth-order valence-corrected chi connectivity index (χ4v) is 5.67. The fraction of sp³-hybridized carbons (Fsp3) is 0.517. The Balaban J connectivity index is 1.50. The smallest absolute Gasteiger partial charge is 0.416 e. The van der Waals surface area contributed by atoms with Gasteiger partial charge in [0.1, 0.15) is 5.82 Å². The molecule has 226 valence electrons. The summed E-state index contributed by atoms with van der Waals surface area (Å²) in [5, 5.41) is 15.3. The Morgan fingerprint density at radius 2 is 1.90 bits per heavy atom. The number of halogens is 3. The van der Waals surface area contributed by atoms with Crippen molar-refractivity contribution in [2.75, 3.05) is 18.0 Å². The minimum atomic E-state index is -4.46. The van der Waals surface area contributed by atoms with Gasteiger partial charge in [0.05, 0.1) is 29.8 Å². The molecule has 2 aromatic heterocycles. The summed E-state index contributed by atoms with van der Waals surface area (Å²) in [5.74, 6) is -0.406. The molecule has 1 unspecified atom stereocenters. The number of aliphatic hydroxyl groups is 1. The van der Waals surface area contributed by atoms with Gasteiger partial charge in [-0.1, -0.05) is 38.3 Å². The second kappa shape index (κ2) is 12.2. The Bertz CT molecular complexity index is 1430. The van der Waals surface area contributed by atoms with E-state index in [1.54, 1.807) is 17.2 Å². The molecule has 3 heterocycles. The summed E-state index contributed by atoms with van der Waals surface area (Å²) < 4.78 is 48.4. The number of aromatic nitrogens is 4. The Labute approximate surface area is 241 Å². The maximum atomic E-state index is 13.7. The topological polar surface area (TPSA) is 106 Å². The Morgan fingerprint density at radius 3 is 2.60 bits per heavy atom. The molecule has 0 bridgehead atoms. The van der Waals surface area contributed by atoms with Gasteiger partial charge in [0.2, 0.25) is 6.35 Å². The van der Waals surface area contributed by atoms with Crippen LogP contribution in [0.5, 0.6) is 0 Å². The molecule has 0 saturated heterocycles. The predicted octanol–water partition coefficient (Wildman–Crippen LogP) is 4.86. The molecule has 1 amide bonds. The van der Waals surface area contributed by atoms with Crippen molar-refractivity contribution >= 4 is 17.7 Å². The average Bonchev–Trinajstić information content (AvgIpc) is 3.59. The van der Waals surface area contributed by atoms with Crippen LogP contribution in [0.1, 0.15) is 74.0 Å². The molecule has 10 nitrogen and oxygen atoms in total. The van der Waals surface area contributed by atoms with Crippen LogP contribution in [0.4, 0.5) is 19.0 Å². The third-order valence-corrected chi connectivity index (χ3v) is 7.81. The summed E-state index contributed by atoms with van der Waals surface area (Å²) >= 11 is 0. The Kier molecular flexibility index (Phi) is 8.58. The van der Waals surface area contributed by atoms with E-state index in [-0.39, 0.29) is 36.7 Å². The molecule has 1 aliphatic carbocycles. The summed E-state index contributed by atoms with van der Waals surface area (Å²) in [4.78, 5) is 34.3. The largest absolute Gasteiger partial charge is 0.444 e. The van der Waals surface area contributed by atoms with Crippen molar-refractivity contribution in [3.05, 3.63) is 53.5 Å². The number of carbonyl (C=O) groups excluding carboxylic acids is 2. The van der Waals surface area contributed by atoms with Gasteiger partial charge in [-0.05, 0) is 43.9 Å². The second-order valence-electron chi connectivity index (χ2n) is 10.7. The highest BCUT2D eigenvalue weighted by atomic mass is 19.4. The summed E-state index contributed by atoms with van der Waals surface area (Å²) in [6.07, 6.45) is 2.60. The van der Waals surface area contributed by atoms with Gasteiger partial charge in [-0.3, -0.25) is 23.7 Å². The van der Waals surface area contributed by atoms with E-state index in [0.717, 1.165) is 44.2 Å². The molecule has 5 rings (SSSR count). The molecule has 1 saturated carbocycles. The number of carbonyl (C=O) groups is 2. The number of benzene rings is 1. The lowest BCUT2D eigenvalue weighted by molar-refractivity contribution is -0.153. The van der Waals surface area contributed by atoms with Crippen molar-refractivity contribution in [1.29, 1.82) is 0 Å². The zero-order valence-corrected chi connectivity index (χ0v) is 23.7. The summed E-state index contributed by atoms with van der Waals surface area (Å²) in [6.45, 7) is 4.22. The van der Waals surface area contributed by atoms with E-state index in [4.69, 9.17) is 9.72 Å². The molecule has 0 radical (unpaired) electrons. The Hall–Kier alpha value is -3.87. The van der Waals surface area contributed by atoms with Crippen LogP contribution in [0.3, 0.4) is 0 Å². The number of rotatable bonds is 9. The van der Waals surface area contributed by atoms with Crippen LogP contribution in [-0.4, -0.2) is 60.7 Å². The number of ether oxygens (including phenoxy) is 1. The van der Waals surface area contributed by atoms with Crippen molar-refractivity contribution in [3.8, 4) is 11.4 Å². The number of amides is 1. The lowest BCUT2D eigenvalue weighted by atomic mass is 9.89. The van der Waals surface area contributed by atoms with Crippen molar-refractivity contribution in [3.63, 3.8) is 0 Å². The Morgan fingerprint density at radius 1 is 1.14 bits per heavy atom. The third-order valence-electron chi connectivity index (χ3n) is 7.81. The number of imidazole rings is 1. The van der Waals surface area contributed by atoms with Gasteiger partial charge in [-0.25, -0.2) is 4.98 Å². The highest BCUT2D eigenvalue weighted by Crippen LogP contribution is 2.35. The zero-order chi connectivity index (χ0) is 30.0. The van der Waals surface area contributed by atoms with Crippen molar-refractivity contribution in [1.82, 2.24) is 24.2 Å². The number of esters is 1. The van der Waals surface area contributed by atoms with E-state index in [1.807, 2.05) is 13.8 Å². The van der Waals surface area contributed by atoms with Crippen LogP contribution in [-0.2, 0) is 29.0 Å². The monoisotopic (exact) mass is 588 g/mol. The summed E-state index contributed by atoms with van der Waals surface area (Å²) in [7, 11) is 0. The van der Waals surface area contributed by atoms with Crippen LogP contribution < -0.4 is 4.90 Å². The summed E-state index contributed by atoms with van der Waals surface area (Å²) in [5.41, 5.74) is 0.330. The number of hydrogen-bond acceptors (Lipinski definition) is 7. The molecule has 13 heteroatoms. The number of anilines is 1. The van der Waals surface area contributed by atoms with Gasteiger partial charge in [-0.15, -0.1) is 0 Å². The average molecular weight is 589 g/mol. The quantitative estimate of drug-likeness (QED) is 0.356. The minimum absolute atomic E-state index is 0.0734. The molecule has 1 aliphatic heterocycles. The maximum absolute atomic E-state index is 13.7. The van der Waals surface area contributed by atoms with Crippen LogP contribution in [0.2, 0.25) is 0 Å². The molecule has 1 N–H and O–H groups in total. The maximum Gasteiger partial charge on any atom is 0.416 e. The fourth-order valence-electron chi connectivity index (χ4n) is 5.67. The van der Waals surface area contributed by atoms with Crippen LogP contribution >= 0.6 is 0 Å². The standard InChI is InChI=1S/C29H35F3N6O4/c1-3-13-37-26(39)23-25(36(4-2)28(37)41)34-24(38(23)18-42-27(40)20-10-6-5-7-11-20)21-15-33-35(17-21)16-19-9-8-12-22(14-19)29(30,31)32/h8-9,12,14-15,17,20,28,41H,3-7,10-11,13,16,18H2,1-2H3. The first kappa shape index (κ1) is 29.6. The van der Waals surface area contributed by atoms with Crippen molar-refractivity contribution in [2.24, 2.45) is 5.92 Å². The molecular weight excluding hydrogens is 553 g/mol. The molecule has 42 heavy (non-hydrogen) atoms. The molecule has 1 fully saturated rings. The number of fused-ring (bicyclic) bond motifs is 1. The second-order valence-corrected chi connectivity index (χ2v) is 10.7. The first-order chi connectivity index (χ1) is 20.1. The minimum Gasteiger partial charge on any atom is -0.444 e. The van der Waals surface area contributed by atoms with Gasteiger partial charge in [0.25, 0.3) is 5.91 Å². The number of aliphatic hydroxyl groups excluding tert-OH is 1. The molecule has 1 atom stereocenters. The van der Waals surface area contributed by atoms with Gasteiger partial charge in [0.15, 0.2) is 18.2 Å². The van der Waals surface area contributed by atoms with Crippen molar-refractivity contribution < 1.29 is 32.6 Å². The molecule has 0 spiro atoms. The highest BCUT2D eigenvalue weighted by Gasteiger charge is 2.41. The van der Waals surface area contributed by atoms with E-state index in [0.29, 0.717) is 36.5 Å². The summed E-state index contributed by atoms with van der Waals surface area (Å²) in [6, 6.07) is 5.03. The third kappa shape index (κ3) is 5.87. The zero-order valence-electron chi connectivity index (χ0n) is 23.7. The molecular formula is C29H35F3N6O4. The number of alkyl halides is 3. The van der Waals surface area contributed by atoms with Gasteiger partial charge >= 0.3 is 12.1 Å². The van der Waals surface area contributed by atoms with Crippen LogP contribution in [0.15, 0.2) is 36.7 Å². The lowest BCUT2D eigenvalue weighted by Crippen LogP contribution is -2.56. The predicted molar refractivity (Wildman–Crippen MR) is 147 cm³/mol. The lowest BCUT2D eigenvalue weighted by Gasteiger charge is -2.40. The normalized spacial score (nSPS) is 18.0. The van der Waals surface area contributed by atoms with E-state index < -0.39 is 24.0 Å².